The van der Waals surface area contributed by atoms with Crippen LogP contribution in [0.2, 0.25) is 0 Å². The molecule has 41 heavy (non-hydrogen) atoms. The van der Waals surface area contributed by atoms with Gasteiger partial charge in [-0.2, -0.15) is 9.97 Å². The number of rotatable bonds is 8. The maximum atomic E-state index is 12.8. The number of likely N-dealkylation sites (N-methyl/N-ethyl adjacent to an activating group) is 1. The number of hydrogen-bond acceptors (Lipinski definition) is 9. The molecule has 0 atom stereocenters. The molecule has 6 rings (SSSR count). The van der Waals surface area contributed by atoms with Crippen molar-refractivity contribution >= 4 is 40.2 Å². The molecule has 4 heterocycles. The molecule has 1 amide bonds. The third-order valence-electron chi connectivity index (χ3n) is 8.96. The van der Waals surface area contributed by atoms with Gasteiger partial charge in [-0.25, -0.2) is 4.98 Å². The Balaban J connectivity index is 1.09. The van der Waals surface area contributed by atoms with E-state index in [1.165, 1.54) is 19.3 Å². The minimum atomic E-state index is 0.320. The number of nitrogens with one attached hydrogen (secondary N) is 3. The molecule has 2 aliphatic heterocycles. The van der Waals surface area contributed by atoms with Gasteiger partial charge < -0.3 is 35.1 Å². The lowest BCUT2D eigenvalue weighted by Gasteiger charge is -2.36. The van der Waals surface area contributed by atoms with Gasteiger partial charge in [-0.3, -0.25) is 4.79 Å². The van der Waals surface area contributed by atoms with E-state index in [0.717, 1.165) is 93.4 Å². The summed E-state index contributed by atoms with van der Waals surface area (Å²) in [5.74, 6) is 2.78. The average molecular weight is 562 g/mol. The van der Waals surface area contributed by atoms with E-state index in [9.17, 15) is 4.79 Å². The Hall–Kier alpha value is -3.60. The summed E-state index contributed by atoms with van der Waals surface area (Å²) in [4.78, 5) is 36.6. The number of anilines is 4. The van der Waals surface area contributed by atoms with Crippen LogP contribution >= 0.6 is 0 Å². The van der Waals surface area contributed by atoms with Gasteiger partial charge in [-0.15, -0.1) is 0 Å². The van der Waals surface area contributed by atoms with Crippen LogP contribution in [0.1, 0.15) is 51.4 Å². The van der Waals surface area contributed by atoms with E-state index in [-0.39, 0.29) is 0 Å². The number of aromatic amines is 1. The minimum absolute atomic E-state index is 0.320. The van der Waals surface area contributed by atoms with Crippen molar-refractivity contribution in [2.24, 2.45) is 5.92 Å². The Bertz CT molecular complexity index is 1320. The molecule has 0 bridgehead atoms. The van der Waals surface area contributed by atoms with Gasteiger partial charge >= 0.3 is 0 Å². The van der Waals surface area contributed by atoms with Crippen LogP contribution in [0.15, 0.2) is 24.5 Å². The van der Waals surface area contributed by atoms with Gasteiger partial charge in [0.15, 0.2) is 11.5 Å². The molecule has 2 aromatic heterocycles. The highest BCUT2D eigenvalue weighted by Crippen LogP contribution is 2.34. The summed E-state index contributed by atoms with van der Waals surface area (Å²) >= 11 is 0. The van der Waals surface area contributed by atoms with Crippen LogP contribution in [-0.2, 0) is 4.79 Å². The van der Waals surface area contributed by atoms with E-state index in [2.05, 4.69) is 54.6 Å². The van der Waals surface area contributed by atoms with E-state index in [1.807, 2.05) is 11.0 Å². The highest BCUT2D eigenvalue weighted by molar-refractivity contribution is 5.84. The molecule has 3 aromatic rings. The van der Waals surface area contributed by atoms with Gasteiger partial charge in [0.05, 0.1) is 19.1 Å². The number of methoxy groups -OCH3 is 1. The molecule has 1 aromatic carbocycles. The third kappa shape index (κ3) is 6.50. The molecular weight excluding hydrogens is 518 g/mol. The van der Waals surface area contributed by atoms with Crippen LogP contribution in [0, 0.1) is 5.92 Å². The van der Waals surface area contributed by atoms with Crippen LogP contribution < -0.4 is 20.3 Å². The highest BCUT2D eigenvalue weighted by Gasteiger charge is 2.26. The molecule has 0 unspecified atom stereocenters. The van der Waals surface area contributed by atoms with Gasteiger partial charge in [0, 0.05) is 63.5 Å². The fraction of sp³-hybridized carbons (Fsp3) is 0.600. The number of hydrogen-bond donors (Lipinski definition) is 3. The minimum Gasteiger partial charge on any atom is -0.494 e. The second-order valence-electron chi connectivity index (χ2n) is 11.8. The van der Waals surface area contributed by atoms with Crippen molar-refractivity contribution in [2.45, 2.75) is 57.4 Å². The van der Waals surface area contributed by atoms with E-state index in [4.69, 9.17) is 9.72 Å². The molecule has 1 saturated carbocycles. The van der Waals surface area contributed by atoms with Crippen molar-refractivity contribution in [3.05, 3.63) is 24.5 Å². The van der Waals surface area contributed by atoms with Crippen LogP contribution in [0.4, 0.5) is 23.1 Å². The van der Waals surface area contributed by atoms with E-state index in [1.54, 1.807) is 13.4 Å². The summed E-state index contributed by atoms with van der Waals surface area (Å²) in [6, 6.07) is 6.64. The molecular formula is C30H43N9O2. The lowest BCUT2D eigenvalue weighted by Crippen LogP contribution is -2.47. The zero-order chi connectivity index (χ0) is 28.2. The van der Waals surface area contributed by atoms with E-state index in [0.29, 0.717) is 35.9 Å². The first kappa shape index (κ1) is 27.6. The number of carbonyl (C=O) groups is 1. The first-order valence-corrected chi connectivity index (χ1v) is 15.2. The fourth-order valence-electron chi connectivity index (χ4n) is 6.36. The number of ether oxygens (including phenoxy) is 1. The SMILES string of the molecule is COc1cc(N2CCC(CC(=O)N3CCN(C)CC3)CC2)ccc1Nc1nc(NC2CCCCC2)c2[nH]cnc2n1. The smallest absolute Gasteiger partial charge is 0.231 e. The first-order valence-electron chi connectivity index (χ1n) is 15.2. The highest BCUT2D eigenvalue weighted by atomic mass is 16.5. The van der Waals surface area contributed by atoms with Gasteiger partial charge in [0.2, 0.25) is 11.9 Å². The predicted molar refractivity (Wildman–Crippen MR) is 162 cm³/mol. The average Bonchev–Trinajstić information content (AvgIpc) is 3.48. The lowest BCUT2D eigenvalue weighted by atomic mass is 9.92. The Kier molecular flexibility index (Phi) is 8.41. The second-order valence-corrected chi connectivity index (χ2v) is 11.8. The Morgan fingerprint density at radius 2 is 1.80 bits per heavy atom. The van der Waals surface area contributed by atoms with Crippen molar-refractivity contribution in [3.8, 4) is 5.75 Å². The normalized spacial score (nSPS) is 19.5. The number of piperazine rings is 1. The Morgan fingerprint density at radius 1 is 1.02 bits per heavy atom. The molecule has 3 aliphatic rings. The van der Waals surface area contributed by atoms with Gasteiger partial charge in [-0.1, -0.05) is 19.3 Å². The Labute approximate surface area is 242 Å². The molecule has 11 nitrogen and oxygen atoms in total. The molecule has 3 fully saturated rings. The number of benzene rings is 1. The predicted octanol–water partition coefficient (Wildman–Crippen LogP) is 4.23. The number of H-pyrrole nitrogens is 1. The maximum Gasteiger partial charge on any atom is 0.231 e. The molecule has 3 N–H and O–H groups in total. The number of amides is 1. The lowest BCUT2D eigenvalue weighted by molar-refractivity contribution is -0.133. The maximum absolute atomic E-state index is 12.8. The van der Waals surface area contributed by atoms with Crippen molar-refractivity contribution in [1.82, 2.24) is 29.7 Å². The molecule has 2 saturated heterocycles. The second kappa shape index (κ2) is 12.5. The van der Waals surface area contributed by atoms with Crippen molar-refractivity contribution in [3.63, 3.8) is 0 Å². The largest absolute Gasteiger partial charge is 0.494 e. The number of carbonyl (C=O) groups excluding carboxylic acids is 1. The van der Waals surface area contributed by atoms with Gasteiger partial charge in [0.25, 0.3) is 0 Å². The van der Waals surface area contributed by atoms with Crippen molar-refractivity contribution in [2.75, 3.05) is 69.0 Å². The monoisotopic (exact) mass is 561 g/mol. The van der Waals surface area contributed by atoms with E-state index >= 15 is 0 Å². The van der Waals surface area contributed by atoms with Crippen LogP contribution in [0.5, 0.6) is 5.75 Å². The molecule has 0 radical (unpaired) electrons. The van der Waals surface area contributed by atoms with Crippen LogP contribution in [-0.4, -0.2) is 95.1 Å². The standard InChI is InChI=1S/C30H43N9O2/c1-37-14-16-39(17-15-37)26(40)18-21-10-12-38(13-11-21)23-8-9-24(25(19-23)41-2)34-30-35-28-27(31-20-32-28)29(36-30)33-22-6-4-3-5-7-22/h8-9,19-22H,3-7,10-18H2,1-2H3,(H3,31,32,33,34,35,36). The zero-order valence-electron chi connectivity index (χ0n) is 24.4. The summed E-state index contributed by atoms with van der Waals surface area (Å²) in [6.07, 6.45) is 10.5. The summed E-state index contributed by atoms with van der Waals surface area (Å²) in [6.45, 7) is 5.52. The van der Waals surface area contributed by atoms with Crippen LogP contribution in [0.3, 0.4) is 0 Å². The molecule has 1 aliphatic carbocycles. The number of piperidine rings is 1. The number of aromatic nitrogens is 4. The first-order chi connectivity index (χ1) is 20.1. The summed E-state index contributed by atoms with van der Waals surface area (Å²) in [5.41, 5.74) is 3.39. The van der Waals surface area contributed by atoms with Gasteiger partial charge in [-0.05, 0) is 50.8 Å². The van der Waals surface area contributed by atoms with E-state index < -0.39 is 0 Å². The summed E-state index contributed by atoms with van der Waals surface area (Å²) in [5, 5.41) is 7.00. The molecule has 0 spiro atoms. The number of nitrogens with zero attached hydrogens (tertiary/aromatic N) is 6. The molecule has 11 heteroatoms. The summed E-state index contributed by atoms with van der Waals surface area (Å²) < 4.78 is 5.79. The number of fused-ring (bicyclic) bond motifs is 1. The van der Waals surface area contributed by atoms with Gasteiger partial charge in [0.1, 0.15) is 11.3 Å². The zero-order valence-corrected chi connectivity index (χ0v) is 24.4. The Morgan fingerprint density at radius 3 is 2.56 bits per heavy atom. The topological polar surface area (TPSA) is 115 Å². The quantitative estimate of drug-likeness (QED) is 0.372. The molecule has 220 valence electrons. The third-order valence-corrected chi connectivity index (χ3v) is 8.96. The number of imidazole rings is 1. The van der Waals surface area contributed by atoms with Crippen molar-refractivity contribution in [1.29, 1.82) is 0 Å². The van der Waals surface area contributed by atoms with Crippen LogP contribution in [0.25, 0.3) is 11.2 Å². The fourth-order valence-corrected chi connectivity index (χ4v) is 6.36. The summed E-state index contributed by atoms with van der Waals surface area (Å²) in [7, 11) is 3.81. The van der Waals surface area contributed by atoms with Crippen molar-refractivity contribution < 1.29 is 9.53 Å².